The summed E-state index contributed by atoms with van der Waals surface area (Å²) in [5, 5.41) is 15.2. The Labute approximate surface area is 121 Å². The minimum Gasteiger partial charge on any atom is -0.480 e. The Morgan fingerprint density at radius 2 is 2.24 bits per heavy atom. The minimum absolute atomic E-state index is 0.0493. The average Bonchev–Trinajstić information content (AvgIpc) is 2.93. The fourth-order valence-corrected chi connectivity index (χ4v) is 1.79. The summed E-state index contributed by atoms with van der Waals surface area (Å²) in [6.07, 6.45) is 2.77. The molecule has 0 amide bonds. The molecule has 0 radical (unpaired) electrons. The molecule has 7 heteroatoms. The van der Waals surface area contributed by atoms with Crippen molar-refractivity contribution in [3.63, 3.8) is 0 Å². The lowest BCUT2D eigenvalue weighted by Gasteiger charge is -2.08. The second kappa shape index (κ2) is 6.34. The Kier molecular flexibility index (Phi) is 4.52. The van der Waals surface area contributed by atoms with Crippen LogP contribution in [0.5, 0.6) is 5.75 Å². The molecule has 0 aliphatic rings. The van der Waals surface area contributed by atoms with Gasteiger partial charge in [0, 0.05) is 24.4 Å². The van der Waals surface area contributed by atoms with Gasteiger partial charge in [0.25, 0.3) is 0 Å². The lowest BCUT2D eigenvalue weighted by atomic mass is 10.3. The van der Waals surface area contributed by atoms with Gasteiger partial charge in [-0.15, -0.1) is 0 Å². The van der Waals surface area contributed by atoms with E-state index in [0.29, 0.717) is 5.69 Å². The van der Waals surface area contributed by atoms with Crippen LogP contribution in [0.25, 0.3) is 0 Å². The zero-order valence-corrected chi connectivity index (χ0v) is 11.8. The Bertz CT molecular complexity index is 642. The summed E-state index contributed by atoms with van der Waals surface area (Å²) in [7, 11) is 0. The van der Waals surface area contributed by atoms with Crippen LogP contribution in [0, 0.1) is 15.9 Å². The van der Waals surface area contributed by atoms with E-state index in [9.17, 15) is 14.5 Å². The number of nitrogens with zero attached hydrogens (tertiary/aromatic N) is 3. The third-order valence-corrected chi connectivity index (χ3v) is 3.20. The molecule has 0 fully saturated rings. The molecule has 0 aliphatic heterocycles. The number of benzene rings is 1. The monoisotopic (exact) mass is 293 g/mol. The van der Waals surface area contributed by atoms with Crippen molar-refractivity contribution in [3.8, 4) is 5.75 Å². The van der Waals surface area contributed by atoms with Crippen molar-refractivity contribution < 1.29 is 14.1 Å². The van der Waals surface area contributed by atoms with Crippen LogP contribution in [0.15, 0.2) is 30.5 Å². The predicted molar refractivity (Wildman–Crippen MR) is 74.6 cm³/mol. The summed E-state index contributed by atoms with van der Waals surface area (Å²) in [4.78, 5) is 10.3. The number of nitro groups is 1. The maximum Gasteiger partial charge on any atom is 0.311 e. The second-order valence-electron chi connectivity index (χ2n) is 4.70. The van der Waals surface area contributed by atoms with Crippen molar-refractivity contribution in [1.82, 2.24) is 9.78 Å². The summed E-state index contributed by atoms with van der Waals surface area (Å²) < 4.78 is 20.3. The largest absolute Gasteiger partial charge is 0.480 e. The Hall–Kier alpha value is -2.44. The molecular formula is C14H16FN3O3. The molecule has 1 atom stereocenters. The van der Waals surface area contributed by atoms with Crippen LogP contribution in [-0.2, 0) is 6.61 Å². The van der Waals surface area contributed by atoms with Crippen LogP contribution >= 0.6 is 0 Å². The van der Waals surface area contributed by atoms with E-state index in [4.69, 9.17) is 4.74 Å². The fraction of sp³-hybridized carbons (Fsp3) is 0.357. The van der Waals surface area contributed by atoms with E-state index in [2.05, 4.69) is 12.0 Å². The average molecular weight is 293 g/mol. The highest BCUT2D eigenvalue weighted by Gasteiger charge is 2.16. The number of hydrogen-bond donors (Lipinski definition) is 0. The van der Waals surface area contributed by atoms with Crippen molar-refractivity contribution in [1.29, 1.82) is 0 Å². The van der Waals surface area contributed by atoms with E-state index in [1.54, 1.807) is 10.7 Å². The van der Waals surface area contributed by atoms with Crippen molar-refractivity contribution >= 4 is 5.69 Å². The molecule has 0 N–H and O–H groups in total. The number of aromatic nitrogens is 2. The molecular weight excluding hydrogens is 277 g/mol. The van der Waals surface area contributed by atoms with Gasteiger partial charge in [0.05, 0.1) is 10.6 Å². The molecule has 0 aliphatic carbocycles. The van der Waals surface area contributed by atoms with Crippen molar-refractivity contribution in [2.24, 2.45) is 0 Å². The second-order valence-corrected chi connectivity index (χ2v) is 4.70. The lowest BCUT2D eigenvalue weighted by molar-refractivity contribution is -0.386. The number of rotatable bonds is 6. The molecule has 1 heterocycles. The van der Waals surface area contributed by atoms with Gasteiger partial charge in [0.15, 0.2) is 5.75 Å². The van der Waals surface area contributed by atoms with E-state index < -0.39 is 10.7 Å². The summed E-state index contributed by atoms with van der Waals surface area (Å²) in [5.74, 6) is -0.682. The number of halogens is 1. The molecule has 0 spiro atoms. The number of nitro benzene ring substituents is 1. The highest BCUT2D eigenvalue weighted by atomic mass is 19.1. The van der Waals surface area contributed by atoms with Crippen LogP contribution in [0.2, 0.25) is 0 Å². The predicted octanol–water partition coefficient (Wildman–Crippen LogP) is 3.48. The molecule has 2 aromatic rings. The van der Waals surface area contributed by atoms with Gasteiger partial charge in [-0.05, 0) is 25.5 Å². The van der Waals surface area contributed by atoms with Crippen LogP contribution in [-0.4, -0.2) is 14.7 Å². The van der Waals surface area contributed by atoms with Gasteiger partial charge in [-0.25, -0.2) is 4.39 Å². The normalized spacial score (nSPS) is 12.1. The van der Waals surface area contributed by atoms with Crippen molar-refractivity contribution in [3.05, 3.63) is 52.1 Å². The van der Waals surface area contributed by atoms with Crippen LogP contribution in [0.4, 0.5) is 10.1 Å². The molecule has 112 valence electrons. The van der Waals surface area contributed by atoms with Gasteiger partial charge in [0.2, 0.25) is 0 Å². The fourth-order valence-electron chi connectivity index (χ4n) is 1.79. The first-order chi connectivity index (χ1) is 10.0. The number of ether oxygens (including phenoxy) is 1. The molecule has 1 unspecified atom stereocenters. The molecule has 0 bridgehead atoms. The SMILES string of the molecule is CCC(C)n1ccc(COc2cc(F)ccc2[N+](=O)[O-])n1. The highest BCUT2D eigenvalue weighted by molar-refractivity contribution is 5.46. The summed E-state index contributed by atoms with van der Waals surface area (Å²) >= 11 is 0. The van der Waals surface area contributed by atoms with Crippen LogP contribution in [0.1, 0.15) is 32.0 Å². The maximum absolute atomic E-state index is 13.2. The molecule has 21 heavy (non-hydrogen) atoms. The molecule has 1 aromatic carbocycles. The van der Waals surface area contributed by atoms with Gasteiger partial charge in [-0.3, -0.25) is 14.8 Å². The smallest absolute Gasteiger partial charge is 0.311 e. The third-order valence-electron chi connectivity index (χ3n) is 3.20. The van der Waals surface area contributed by atoms with Gasteiger partial charge in [-0.1, -0.05) is 6.92 Å². The first-order valence-corrected chi connectivity index (χ1v) is 6.62. The summed E-state index contributed by atoms with van der Waals surface area (Å²) in [6, 6.07) is 5.16. The maximum atomic E-state index is 13.2. The Balaban J connectivity index is 2.11. The van der Waals surface area contributed by atoms with Crippen molar-refractivity contribution in [2.45, 2.75) is 32.9 Å². The Morgan fingerprint density at radius 1 is 1.48 bits per heavy atom. The molecule has 6 nitrogen and oxygen atoms in total. The molecule has 1 aromatic heterocycles. The van der Waals surface area contributed by atoms with Gasteiger partial charge < -0.3 is 4.74 Å². The number of hydrogen-bond acceptors (Lipinski definition) is 4. The Morgan fingerprint density at radius 3 is 2.90 bits per heavy atom. The van der Waals surface area contributed by atoms with E-state index >= 15 is 0 Å². The van der Waals surface area contributed by atoms with Crippen LogP contribution in [0.3, 0.4) is 0 Å². The van der Waals surface area contributed by atoms with Gasteiger partial charge in [0.1, 0.15) is 12.4 Å². The zero-order chi connectivity index (χ0) is 15.4. The van der Waals surface area contributed by atoms with Crippen LogP contribution < -0.4 is 4.74 Å². The van der Waals surface area contributed by atoms with Gasteiger partial charge in [-0.2, -0.15) is 5.10 Å². The zero-order valence-electron chi connectivity index (χ0n) is 11.8. The molecule has 2 rings (SSSR count). The summed E-state index contributed by atoms with van der Waals surface area (Å²) in [5.41, 5.74) is 0.367. The van der Waals surface area contributed by atoms with Crippen molar-refractivity contribution in [2.75, 3.05) is 0 Å². The minimum atomic E-state index is -0.605. The topological polar surface area (TPSA) is 70.2 Å². The van der Waals surface area contributed by atoms with E-state index in [-0.39, 0.29) is 24.1 Å². The van der Waals surface area contributed by atoms with E-state index in [1.807, 2.05) is 13.1 Å². The quantitative estimate of drug-likeness (QED) is 0.604. The third kappa shape index (κ3) is 3.56. The van der Waals surface area contributed by atoms with E-state index in [0.717, 1.165) is 24.6 Å². The lowest BCUT2D eigenvalue weighted by Crippen LogP contribution is -2.06. The first-order valence-electron chi connectivity index (χ1n) is 6.62. The van der Waals surface area contributed by atoms with Gasteiger partial charge >= 0.3 is 5.69 Å². The standard InChI is InChI=1S/C14H16FN3O3/c1-3-10(2)17-7-6-12(16-17)9-21-14-8-11(15)4-5-13(14)18(19)20/h4-8,10H,3,9H2,1-2H3. The highest BCUT2D eigenvalue weighted by Crippen LogP contribution is 2.28. The summed E-state index contributed by atoms with van der Waals surface area (Å²) in [6.45, 7) is 4.14. The van der Waals surface area contributed by atoms with E-state index in [1.165, 1.54) is 0 Å². The molecule has 0 saturated carbocycles. The first kappa shape index (κ1) is 15.0. The molecule has 0 saturated heterocycles.